The standard InChI is InChI=1S/C29H24Cl2N4O3/c1-38-19-9-6-16(7-10-19)27(36)26-24(21-11-8-18(30)14-22(21)31)25(28(32)35-26)29(37)33-13-12-17-15-34-23-5-3-2-4-20(17)23/h2-11,14-15,34-35H,12-13,32H2,1H3,(H,33,37). The highest BCUT2D eigenvalue weighted by Gasteiger charge is 2.28. The number of nitrogens with one attached hydrogen (secondary N) is 3. The van der Waals surface area contributed by atoms with Crippen LogP contribution in [-0.4, -0.2) is 35.3 Å². The number of rotatable bonds is 8. The van der Waals surface area contributed by atoms with Crippen LogP contribution in [0.3, 0.4) is 0 Å². The lowest BCUT2D eigenvalue weighted by molar-refractivity contribution is 0.0955. The number of para-hydroxylation sites is 1. The molecule has 0 aliphatic rings. The van der Waals surface area contributed by atoms with Crippen molar-refractivity contribution in [2.75, 3.05) is 19.4 Å². The predicted molar refractivity (Wildman–Crippen MR) is 151 cm³/mol. The van der Waals surface area contributed by atoms with Gasteiger partial charge >= 0.3 is 0 Å². The van der Waals surface area contributed by atoms with E-state index in [1.165, 1.54) is 0 Å². The highest BCUT2D eigenvalue weighted by atomic mass is 35.5. The van der Waals surface area contributed by atoms with E-state index in [0.717, 1.165) is 16.5 Å². The zero-order valence-corrected chi connectivity index (χ0v) is 21.9. The molecule has 0 fully saturated rings. The van der Waals surface area contributed by atoms with Crippen LogP contribution in [0.1, 0.15) is 32.0 Å². The first-order valence-electron chi connectivity index (χ1n) is 11.9. The van der Waals surface area contributed by atoms with Crippen LogP contribution in [0.25, 0.3) is 22.0 Å². The number of hydrogen-bond donors (Lipinski definition) is 4. The molecule has 5 N–H and O–H groups in total. The van der Waals surface area contributed by atoms with Gasteiger partial charge in [0.2, 0.25) is 5.78 Å². The summed E-state index contributed by atoms with van der Waals surface area (Å²) in [4.78, 5) is 33.2. The highest BCUT2D eigenvalue weighted by molar-refractivity contribution is 6.37. The number of carbonyl (C=O) groups is 2. The molecular weight excluding hydrogens is 523 g/mol. The van der Waals surface area contributed by atoms with Crippen molar-refractivity contribution < 1.29 is 14.3 Å². The highest BCUT2D eigenvalue weighted by Crippen LogP contribution is 2.38. The lowest BCUT2D eigenvalue weighted by Crippen LogP contribution is -2.26. The van der Waals surface area contributed by atoms with E-state index in [0.29, 0.717) is 40.4 Å². The molecule has 0 saturated carbocycles. The molecule has 0 bridgehead atoms. The van der Waals surface area contributed by atoms with Gasteiger partial charge in [0.15, 0.2) is 0 Å². The first kappa shape index (κ1) is 25.4. The Labute approximate surface area is 228 Å². The van der Waals surface area contributed by atoms with Crippen LogP contribution in [0.4, 0.5) is 5.82 Å². The lowest BCUT2D eigenvalue weighted by atomic mass is 9.96. The summed E-state index contributed by atoms with van der Waals surface area (Å²) in [5, 5.41) is 4.75. The molecule has 0 saturated heterocycles. The van der Waals surface area contributed by atoms with Crippen molar-refractivity contribution in [2.45, 2.75) is 6.42 Å². The van der Waals surface area contributed by atoms with Crippen LogP contribution in [0.2, 0.25) is 10.0 Å². The summed E-state index contributed by atoms with van der Waals surface area (Å²) in [6, 6.07) is 19.5. The third kappa shape index (κ3) is 4.86. The molecule has 192 valence electrons. The molecule has 2 heterocycles. The van der Waals surface area contributed by atoms with E-state index >= 15 is 0 Å². The van der Waals surface area contributed by atoms with Crippen molar-refractivity contribution in [3.05, 3.63) is 105 Å². The smallest absolute Gasteiger partial charge is 0.255 e. The molecule has 0 atom stereocenters. The third-order valence-corrected chi connectivity index (χ3v) is 6.94. The van der Waals surface area contributed by atoms with Crippen molar-refractivity contribution in [1.29, 1.82) is 0 Å². The Hall–Kier alpha value is -4.20. The largest absolute Gasteiger partial charge is 0.497 e. The second-order valence-corrected chi connectivity index (χ2v) is 9.55. The van der Waals surface area contributed by atoms with Gasteiger partial charge in [-0.2, -0.15) is 0 Å². The van der Waals surface area contributed by atoms with E-state index < -0.39 is 5.91 Å². The van der Waals surface area contributed by atoms with Gasteiger partial charge in [0.25, 0.3) is 5.91 Å². The molecule has 1 amide bonds. The number of aromatic amines is 2. The fourth-order valence-corrected chi connectivity index (χ4v) is 5.01. The zero-order chi connectivity index (χ0) is 26.8. The van der Waals surface area contributed by atoms with E-state index in [1.54, 1.807) is 49.6 Å². The van der Waals surface area contributed by atoms with E-state index in [1.807, 2.05) is 30.5 Å². The van der Waals surface area contributed by atoms with Gasteiger partial charge in [-0.1, -0.05) is 47.5 Å². The first-order chi connectivity index (χ1) is 18.4. The SMILES string of the molecule is COc1ccc(C(=O)c2[nH]c(N)c(C(=O)NCCc3c[nH]c4ccccc34)c2-c2ccc(Cl)cc2Cl)cc1. The molecule has 0 aliphatic heterocycles. The van der Waals surface area contributed by atoms with Crippen molar-refractivity contribution in [3.8, 4) is 16.9 Å². The molecule has 0 unspecified atom stereocenters. The summed E-state index contributed by atoms with van der Waals surface area (Å²) in [5.74, 6) is -0.0946. The Balaban J connectivity index is 1.49. The Morgan fingerprint density at radius 1 is 1.03 bits per heavy atom. The van der Waals surface area contributed by atoms with Crippen molar-refractivity contribution in [2.24, 2.45) is 0 Å². The van der Waals surface area contributed by atoms with Crippen LogP contribution >= 0.6 is 23.2 Å². The minimum Gasteiger partial charge on any atom is -0.497 e. The number of carbonyl (C=O) groups excluding carboxylic acids is 2. The van der Waals surface area contributed by atoms with Gasteiger partial charge in [-0.15, -0.1) is 0 Å². The van der Waals surface area contributed by atoms with Gasteiger partial charge < -0.3 is 25.8 Å². The number of amides is 1. The van der Waals surface area contributed by atoms with Gasteiger partial charge in [-0.25, -0.2) is 0 Å². The fourth-order valence-electron chi connectivity index (χ4n) is 4.51. The van der Waals surface area contributed by atoms with Gasteiger partial charge in [0.05, 0.1) is 18.4 Å². The number of halogens is 2. The van der Waals surface area contributed by atoms with Crippen LogP contribution in [0.5, 0.6) is 5.75 Å². The van der Waals surface area contributed by atoms with Crippen LogP contribution in [-0.2, 0) is 6.42 Å². The zero-order valence-electron chi connectivity index (χ0n) is 20.4. The summed E-state index contributed by atoms with van der Waals surface area (Å²) >= 11 is 12.7. The number of fused-ring (bicyclic) bond motifs is 1. The number of anilines is 1. The maximum absolute atomic E-state index is 13.6. The monoisotopic (exact) mass is 546 g/mol. The summed E-state index contributed by atoms with van der Waals surface area (Å²) in [5.41, 5.74) is 9.88. The second kappa shape index (κ2) is 10.7. The van der Waals surface area contributed by atoms with E-state index in [-0.39, 0.29) is 27.9 Å². The van der Waals surface area contributed by atoms with Crippen molar-refractivity contribution >= 4 is 51.6 Å². The minimum absolute atomic E-state index is 0.0625. The van der Waals surface area contributed by atoms with Crippen molar-refractivity contribution in [3.63, 3.8) is 0 Å². The average molecular weight is 547 g/mol. The quantitative estimate of drug-likeness (QED) is 0.172. The van der Waals surface area contributed by atoms with Gasteiger partial charge in [0, 0.05) is 50.4 Å². The number of benzene rings is 3. The number of H-pyrrole nitrogens is 2. The molecule has 5 aromatic rings. The second-order valence-electron chi connectivity index (χ2n) is 8.71. The minimum atomic E-state index is -0.423. The Kier molecular flexibility index (Phi) is 7.13. The van der Waals surface area contributed by atoms with Crippen molar-refractivity contribution in [1.82, 2.24) is 15.3 Å². The predicted octanol–water partition coefficient (Wildman–Crippen LogP) is 6.26. The molecule has 3 aromatic carbocycles. The molecule has 7 nitrogen and oxygen atoms in total. The van der Waals surface area contributed by atoms with Gasteiger partial charge in [0.1, 0.15) is 11.6 Å². The molecule has 2 aromatic heterocycles. The molecule has 38 heavy (non-hydrogen) atoms. The number of ketones is 1. The summed E-state index contributed by atoms with van der Waals surface area (Å²) < 4.78 is 5.19. The number of methoxy groups -OCH3 is 1. The van der Waals surface area contributed by atoms with Gasteiger partial charge in [-0.05, 0) is 54.4 Å². The normalized spacial score (nSPS) is 11.0. The Morgan fingerprint density at radius 3 is 2.53 bits per heavy atom. The number of nitrogens with two attached hydrogens (primary N) is 1. The molecule has 0 spiro atoms. The molecular formula is C29H24Cl2N4O3. The average Bonchev–Trinajstić information content (AvgIpc) is 3.49. The number of hydrogen-bond acceptors (Lipinski definition) is 4. The van der Waals surface area contributed by atoms with Gasteiger partial charge in [-0.3, -0.25) is 9.59 Å². The number of aromatic nitrogens is 2. The maximum Gasteiger partial charge on any atom is 0.255 e. The third-order valence-electron chi connectivity index (χ3n) is 6.39. The lowest BCUT2D eigenvalue weighted by Gasteiger charge is -2.11. The fraction of sp³-hybridized carbons (Fsp3) is 0.103. The molecule has 0 aliphatic carbocycles. The molecule has 5 rings (SSSR count). The summed E-state index contributed by atoms with van der Waals surface area (Å²) in [6.07, 6.45) is 2.54. The number of nitrogen functional groups attached to an aromatic ring is 1. The number of ether oxygens (including phenoxy) is 1. The van der Waals surface area contributed by atoms with E-state index in [2.05, 4.69) is 15.3 Å². The Morgan fingerprint density at radius 2 is 1.79 bits per heavy atom. The summed E-state index contributed by atoms with van der Waals surface area (Å²) in [7, 11) is 1.55. The van der Waals surface area contributed by atoms with Crippen LogP contribution < -0.4 is 15.8 Å². The van der Waals surface area contributed by atoms with Crippen LogP contribution in [0.15, 0.2) is 72.9 Å². The first-order valence-corrected chi connectivity index (χ1v) is 12.6. The van der Waals surface area contributed by atoms with E-state index in [9.17, 15) is 9.59 Å². The topological polar surface area (TPSA) is 113 Å². The maximum atomic E-state index is 13.6. The molecule has 0 radical (unpaired) electrons. The van der Waals surface area contributed by atoms with E-state index in [4.69, 9.17) is 33.7 Å². The summed E-state index contributed by atoms with van der Waals surface area (Å²) in [6.45, 7) is 0.362. The molecule has 9 heteroatoms. The van der Waals surface area contributed by atoms with Crippen LogP contribution in [0, 0.1) is 0 Å². The Bertz CT molecular complexity index is 1650.